The summed E-state index contributed by atoms with van der Waals surface area (Å²) in [6.07, 6.45) is 0. The highest BCUT2D eigenvalue weighted by Gasteiger charge is 2.47. The van der Waals surface area contributed by atoms with Gasteiger partial charge in [-0.15, -0.1) is 0 Å². The van der Waals surface area contributed by atoms with Crippen LogP contribution >= 0.6 is 0 Å². The Balaban J connectivity index is 3.39. The number of rotatable bonds is 2. The van der Waals surface area contributed by atoms with Crippen LogP contribution in [0.5, 0.6) is 0 Å². The van der Waals surface area contributed by atoms with Crippen molar-refractivity contribution in [3.05, 3.63) is 11.1 Å². The van der Waals surface area contributed by atoms with E-state index in [1.165, 1.54) is 0 Å². The van der Waals surface area contributed by atoms with Gasteiger partial charge in [-0.25, -0.2) is 0 Å². The fraction of sp³-hybridized carbons (Fsp3) is 0.667. The molecular weight excluding hydrogens is 254 g/mol. The summed E-state index contributed by atoms with van der Waals surface area (Å²) in [5, 5.41) is 17.2. The number of Topliss-reactive ketones (excluding diaryl/α,β-unsaturated/α-hetero) is 2. The van der Waals surface area contributed by atoms with Gasteiger partial charge in [0.15, 0.2) is 17.6 Å². The van der Waals surface area contributed by atoms with Gasteiger partial charge in [0.1, 0.15) is 6.07 Å². The summed E-state index contributed by atoms with van der Waals surface area (Å²) in [7, 11) is 0. The van der Waals surface area contributed by atoms with E-state index in [-0.39, 0.29) is 17.4 Å². The molecule has 1 aliphatic carbocycles. The summed E-state index contributed by atoms with van der Waals surface area (Å²) >= 11 is 0. The molecule has 108 valence electrons. The number of allylic oxidation sites excluding steroid dienone is 1. The van der Waals surface area contributed by atoms with Gasteiger partial charge in [0.2, 0.25) is 0 Å². The maximum atomic E-state index is 12.5. The maximum absolute atomic E-state index is 12.5. The highest BCUT2D eigenvalue weighted by atomic mass is 16.2. The minimum Gasteiger partial charge on any atom is -0.296 e. The van der Waals surface area contributed by atoms with Crippen molar-refractivity contribution < 1.29 is 9.59 Å². The molecule has 0 bridgehead atoms. The van der Waals surface area contributed by atoms with Gasteiger partial charge in [-0.05, 0) is 31.8 Å². The molecule has 0 spiro atoms. The van der Waals surface area contributed by atoms with Crippen molar-refractivity contribution in [1.82, 2.24) is 0 Å². The van der Waals surface area contributed by atoms with Crippen LogP contribution in [-0.2, 0) is 9.59 Å². The zero-order chi connectivity index (χ0) is 15.7. The van der Waals surface area contributed by atoms with E-state index in [9.17, 15) is 14.9 Å². The van der Waals surface area contributed by atoms with Gasteiger partial charge in [-0.2, -0.15) is 15.5 Å². The molecule has 5 heteroatoms. The third kappa shape index (κ3) is 3.01. The molecule has 1 aliphatic rings. The molecule has 0 saturated carbocycles. The summed E-state index contributed by atoms with van der Waals surface area (Å²) in [6.45, 7) is 10.8. The zero-order valence-electron chi connectivity index (χ0n) is 12.9. The minimum absolute atomic E-state index is 0.0353. The Morgan fingerprint density at radius 3 is 2.20 bits per heavy atom. The summed E-state index contributed by atoms with van der Waals surface area (Å²) in [5.41, 5.74) is -0.0765. The highest BCUT2D eigenvalue weighted by molar-refractivity contribution is 6.18. The molecule has 0 radical (unpaired) electrons. The third-order valence-electron chi connectivity index (χ3n) is 3.26. The molecule has 0 amide bonds. The molecule has 0 saturated heterocycles. The van der Waals surface area contributed by atoms with E-state index < -0.39 is 23.2 Å². The van der Waals surface area contributed by atoms with Crippen LogP contribution in [0.2, 0.25) is 0 Å². The Labute approximate surface area is 119 Å². The zero-order valence-corrected chi connectivity index (χ0v) is 12.9. The Kier molecular flexibility index (Phi) is 4.59. The predicted molar refractivity (Wildman–Crippen MR) is 75.1 cm³/mol. The van der Waals surface area contributed by atoms with Gasteiger partial charge in [-0.3, -0.25) is 9.59 Å². The Bertz CT molecular complexity index is 530. The molecule has 2 unspecified atom stereocenters. The fourth-order valence-corrected chi connectivity index (χ4v) is 2.28. The maximum Gasteiger partial charge on any atom is 0.184 e. The van der Waals surface area contributed by atoms with Crippen molar-refractivity contribution in [1.29, 1.82) is 5.26 Å². The van der Waals surface area contributed by atoms with Crippen LogP contribution in [0.25, 0.3) is 0 Å². The molecule has 0 N–H and O–H groups in total. The lowest BCUT2D eigenvalue weighted by atomic mass is 9.68. The summed E-state index contributed by atoms with van der Waals surface area (Å²) in [6, 6.07) is 1.07. The topological polar surface area (TPSA) is 82.6 Å². The Hall–Kier alpha value is -1.83. The second-order valence-corrected chi connectivity index (χ2v) is 6.46. The molecule has 0 aliphatic heterocycles. The molecule has 0 fully saturated rings. The van der Waals surface area contributed by atoms with Crippen LogP contribution in [0.1, 0.15) is 41.5 Å². The van der Waals surface area contributed by atoms with Gasteiger partial charge in [0, 0.05) is 0 Å². The average molecular weight is 275 g/mol. The standard InChI is InChI=1S/C15H21N3O2/c1-8(2)17-18-12-9(3)10(7-16)13(19)11(14(12)20)15(4,5)6/h8,11-12H,1-6H3. The monoisotopic (exact) mass is 275 g/mol. The number of hydrogen-bond acceptors (Lipinski definition) is 5. The smallest absolute Gasteiger partial charge is 0.184 e. The molecule has 1 rings (SSSR count). The minimum atomic E-state index is -0.836. The van der Waals surface area contributed by atoms with Crippen LogP contribution in [0.3, 0.4) is 0 Å². The Morgan fingerprint density at radius 1 is 1.25 bits per heavy atom. The van der Waals surface area contributed by atoms with Gasteiger partial charge in [-0.1, -0.05) is 20.8 Å². The van der Waals surface area contributed by atoms with Crippen LogP contribution in [0.4, 0.5) is 0 Å². The summed E-state index contributed by atoms with van der Waals surface area (Å²) in [4.78, 5) is 24.9. The number of azo groups is 1. The van der Waals surface area contributed by atoms with E-state index in [4.69, 9.17) is 0 Å². The van der Waals surface area contributed by atoms with Gasteiger partial charge in [0.25, 0.3) is 0 Å². The largest absolute Gasteiger partial charge is 0.296 e. The molecule has 0 heterocycles. The molecular formula is C15H21N3O2. The first-order valence-corrected chi connectivity index (χ1v) is 6.70. The predicted octanol–water partition coefficient (Wildman–Crippen LogP) is 2.87. The Morgan fingerprint density at radius 2 is 1.80 bits per heavy atom. The van der Waals surface area contributed by atoms with Crippen molar-refractivity contribution >= 4 is 11.6 Å². The van der Waals surface area contributed by atoms with Crippen LogP contribution in [-0.4, -0.2) is 23.7 Å². The lowest BCUT2D eigenvalue weighted by Gasteiger charge is -2.33. The fourth-order valence-electron chi connectivity index (χ4n) is 2.28. The van der Waals surface area contributed by atoms with E-state index in [0.29, 0.717) is 5.57 Å². The summed E-state index contributed by atoms with van der Waals surface area (Å²) in [5.74, 6) is -1.49. The lowest BCUT2D eigenvalue weighted by Crippen LogP contribution is -2.45. The lowest BCUT2D eigenvalue weighted by molar-refractivity contribution is -0.136. The first-order valence-electron chi connectivity index (χ1n) is 6.70. The van der Waals surface area contributed by atoms with Crippen molar-refractivity contribution in [3.63, 3.8) is 0 Å². The van der Waals surface area contributed by atoms with Crippen molar-refractivity contribution in [2.75, 3.05) is 0 Å². The quantitative estimate of drug-likeness (QED) is 0.574. The van der Waals surface area contributed by atoms with E-state index >= 15 is 0 Å². The van der Waals surface area contributed by atoms with E-state index in [0.717, 1.165) is 0 Å². The molecule has 0 aromatic carbocycles. The number of ketones is 2. The normalized spacial score (nSPS) is 24.7. The molecule has 0 aromatic rings. The first kappa shape index (κ1) is 16.2. The van der Waals surface area contributed by atoms with Crippen molar-refractivity contribution in [3.8, 4) is 6.07 Å². The van der Waals surface area contributed by atoms with E-state index in [1.54, 1.807) is 6.92 Å². The number of carbonyl (C=O) groups is 2. The SMILES string of the molecule is CC1=C(C#N)C(=O)C(C(C)(C)C)C(=O)C1N=NC(C)C. The van der Waals surface area contributed by atoms with Crippen LogP contribution in [0.15, 0.2) is 21.4 Å². The van der Waals surface area contributed by atoms with Gasteiger partial charge < -0.3 is 0 Å². The van der Waals surface area contributed by atoms with E-state index in [1.807, 2.05) is 40.7 Å². The number of carbonyl (C=O) groups excluding carboxylic acids is 2. The number of nitriles is 1. The average Bonchev–Trinajstić information content (AvgIpc) is 2.26. The first-order chi connectivity index (χ1) is 9.11. The van der Waals surface area contributed by atoms with Crippen molar-refractivity contribution in [2.45, 2.75) is 53.6 Å². The summed E-state index contributed by atoms with van der Waals surface area (Å²) < 4.78 is 0. The van der Waals surface area contributed by atoms with Gasteiger partial charge >= 0.3 is 0 Å². The molecule has 20 heavy (non-hydrogen) atoms. The van der Waals surface area contributed by atoms with Crippen molar-refractivity contribution in [2.24, 2.45) is 21.6 Å². The van der Waals surface area contributed by atoms with Crippen LogP contribution < -0.4 is 0 Å². The second kappa shape index (κ2) is 5.66. The second-order valence-electron chi connectivity index (χ2n) is 6.46. The third-order valence-corrected chi connectivity index (χ3v) is 3.26. The molecule has 5 nitrogen and oxygen atoms in total. The van der Waals surface area contributed by atoms with Crippen LogP contribution in [0, 0.1) is 22.7 Å². The van der Waals surface area contributed by atoms with E-state index in [2.05, 4.69) is 10.2 Å². The molecule has 2 atom stereocenters. The molecule has 0 aromatic heterocycles. The number of nitrogens with zero attached hydrogens (tertiary/aromatic N) is 3. The highest BCUT2D eigenvalue weighted by Crippen LogP contribution is 2.36. The van der Waals surface area contributed by atoms with Gasteiger partial charge in [0.05, 0.1) is 17.5 Å². The number of hydrogen-bond donors (Lipinski definition) is 0.